The number of nitrogens with zero attached hydrogens (tertiary/aromatic N) is 1. The van der Waals surface area contributed by atoms with Crippen LogP contribution >= 0.6 is 0 Å². The van der Waals surface area contributed by atoms with Crippen molar-refractivity contribution in [1.82, 2.24) is 0 Å². The quantitative estimate of drug-likeness (QED) is 0.160. The Morgan fingerprint density at radius 3 is 1.71 bits per heavy atom. The van der Waals surface area contributed by atoms with E-state index >= 15 is 0 Å². The van der Waals surface area contributed by atoms with E-state index in [4.69, 9.17) is 8.83 Å². The first-order valence-electron chi connectivity index (χ1n) is 23.3. The zero-order chi connectivity index (χ0) is 44.8. The van der Waals surface area contributed by atoms with Crippen LogP contribution in [0.25, 0.3) is 88.0 Å². The highest BCUT2D eigenvalue weighted by Crippen LogP contribution is 2.60. The molecule has 3 nitrogen and oxygen atoms in total. The van der Waals surface area contributed by atoms with Gasteiger partial charge in [0.15, 0.2) is 0 Å². The number of para-hydroxylation sites is 2. The predicted molar refractivity (Wildman–Crippen MR) is 281 cm³/mol. The maximum Gasteiger partial charge on any atom is 0.143 e. The molecule has 1 aliphatic rings. The molecule has 3 heteroatoms. The Labute approximate surface area is 393 Å². The Bertz CT molecular complexity index is 4050. The van der Waals surface area contributed by atoms with Crippen molar-refractivity contribution in [1.29, 1.82) is 0 Å². The first-order valence-corrected chi connectivity index (χ1v) is 23.3. The third kappa shape index (κ3) is 5.66. The number of furan rings is 2. The number of anilines is 3. The molecule has 318 valence electrons. The number of benzene rings is 11. The lowest BCUT2D eigenvalue weighted by molar-refractivity contribution is 0.669. The summed E-state index contributed by atoms with van der Waals surface area (Å²) in [6, 6.07) is 90.3. The molecular formula is C65H41NO2. The topological polar surface area (TPSA) is 29.5 Å². The van der Waals surface area contributed by atoms with Gasteiger partial charge in [-0.05, 0) is 111 Å². The lowest BCUT2D eigenvalue weighted by Gasteiger charge is -2.34. The fourth-order valence-corrected chi connectivity index (χ4v) is 11.4. The van der Waals surface area contributed by atoms with Gasteiger partial charge in [0.2, 0.25) is 0 Å². The van der Waals surface area contributed by atoms with Crippen LogP contribution in [-0.4, -0.2) is 0 Å². The fourth-order valence-electron chi connectivity index (χ4n) is 11.4. The highest BCUT2D eigenvalue weighted by Gasteiger charge is 2.47. The molecule has 1 aliphatic carbocycles. The summed E-state index contributed by atoms with van der Waals surface area (Å²) in [5, 5.41) is 6.74. The van der Waals surface area contributed by atoms with Crippen LogP contribution in [0.2, 0.25) is 0 Å². The van der Waals surface area contributed by atoms with Gasteiger partial charge < -0.3 is 13.7 Å². The van der Waals surface area contributed by atoms with Gasteiger partial charge in [-0.15, -0.1) is 0 Å². The van der Waals surface area contributed by atoms with Gasteiger partial charge in [-0.25, -0.2) is 0 Å². The fraction of sp³-hybridized carbons (Fsp3) is 0.0154. The number of hydrogen-bond acceptors (Lipinski definition) is 3. The van der Waals surface area contributed by atoms with Crippen molar-refractivity contribution in [3.63, 3.8) is 0 Å². The smallest absolute Gasteiger partial charge is 0.143 e. The van der Waals surface area contributed by atoms with E-state index in [-0.39, 0.29) is 0 Å². The van der Waals surface area contributed by atoms with Gasteiger partial charge in [-0.1, -0.05) is 188 Å². The second-order valence-electron chi connectivity index (χ2n) is 17.9. The Balaban J connectivity index is 1.00. The maximum atomic E-state index is 6.62. The first-order chi connectivity index (χ1) is 33.7. The van der Waals surface area contributed by atoms with Crippen molar-refractivity contribution in [2.75, 3.05) is 4.90 Å². The Morgan fingerprint density at radius 2 is 0.897 bits per heavy atom. The van der Waals surface area contributed by atoms with Gasteiger partial charge >= 0.3 is 0 Å². The van der Waals surface area contributed by atoms with Crippen LogP contribution in [0.4, 0.5) is 17.1 Å². The van der Waals surface area contributed by atoms with Gasteiger partial charge in [0.25, 0.3) is 0 Å². The summed E-state index contributed by atoms with van der Waals surface area (Å²) in [4.78, 5) is 2.48. The van der Waals surface area contributed by atoms with Crippen molar-refractivity contribution in [2.45, 2.75) is 5.41 Å². The lowest BCUT2D eigenvalue weighted by Crippen LogP contribution is -2.28. The Hall–Kier alpha value is -8.92. The summed E-state index contributed by atoms with van der Waals surface area (Å²) in [6.45, 7) is 0. The minimum atomic E-state index is -0.549. The molecule has 0 amide bonds. The molecule has 14 rings (SSSR count). The number of fused-ring (bicyclic) bond motifs is 11. The Kier molecular flexibility index (Phi) is 8.50. The summed E-state index contributed by atoms with van der Waals surface area (Å²) in [5.41, 5.74) is 18.2. The van der Waals surface area contributed by atoms with E-state index in [1.165, 1.54) is 38.8 Å². The predicted octanol–water partition coefficient (Wildman–Crippen LogP) is 17.8. The highest BCUT2D eigenvalue weighted by atomic mass is 16.3. The van der Waals surface area contributed by atoms with Crippen LogP contribution in [0.1, 0.15) is 22.3 Å². The van der Waals surface area contributed by atoms with Crippen molar-refractivity contribution >= 4 is 71.7 Å². The van der Waals surface area contributed by atoms with Crippen LogP contribution in [-0.2, 0) is 5.41 Å². The van der Waals surface area contributed by atoms with Gasteiger partial charge in [0.05, 0.1) is 16.8 Å². The molecule has 11 aromatic carbocycles. The average molecular weight is 868 g/mol. The molecular weight excluding hydrogens is 827 g/mol. The van der Waals surface area contributed by atoms with E-state index in [1.54, 1.807) is 0 Å². The molecule has 0 unspecified atom stereocenters. The molecule has 13 aromatic rings. The lowest BCUT2D eigenvalue weighted by atomic mass is 9.68. The summed E-state index contributed by atoms with van der Waals surface area (Å²) < 4.78 is 12.8. The molecule has 0 radical (unpaired) electrons. The molecule has 2 aromatic heterocycles. The van der Waals surface area contributed by atoms with Crippen LogP contribution in [0.3, 0.4) is 0 Å². The van der Waals surface area contributed by atoms with Gasteiger partial charge in [0, 0.05) is 43.7 Å². The molecule has 2 heterocycles. The van der Waals surface area contributed by atoms with Crippen LogP contribution in [0.5, 0.6) is 0 Å². The summed E-state index contributed by atoms with van der Waals surface area (Å²) >= 11 is 0. The third-order valence-corrected chi connectivity index (χ3v) is 14.4. The summed E-state index contributed by atoms with van der Waals surface area (Å²) in [6.07, 6.45) is 0. The normalized spacial score (nSPS) is 12.8. The minimum Gasteiger partial charge on any atom is -0.456 e. The van der Waals surface area contributed by atoms with Crippen LogP contribution in [0.15, 0.2) is 258 Å². The first kappa shape index (κ1) is 38.4. The number of rotatable bonds is 7. The van der Waals surface area contributed by atoms with E-state index < -0.39 is 5.41 Å². The maximum absolute atomic E-state index is 6.62. The largest absolute Gasteiger partial charge is 0.456 e. The van der Waals surface area contributed by atoms with Crippen molar-refractivity contribution in [3.05, 3.63) is 271 Å². The minimum absolute atomic E-state index is 0.549. The molecule has 68 heavy (non-hydrogen) atoms. The molecule has 0 aliphatic heterocycles. The van der Waals surface area contributed by atoms with Crippen LogP contribution in [0, 0.1) is 0 Å². The van der Waals surface area contributed by atoms with E-state index in [0.717, 1.165) is 88.6 Å². The van der Waals surface area contributed by atoms with Crippen molar-refractivity contribution in [3.8, 4) is 33.4 Å². The van der Waals surface area contributed by atoms with E-state index in [0.29, 0.717) is 0 Å². The zero-order valence-corrected chi connectivity index (χ0v) is 36.9. The van der Waals surface area contributed by atoms with Gasteiger partial charge in [0.1, 0.15) is 22.3 Å². The SMILES string of the molecule is c1ccc(C2(c3ccccc3)c3ccccc3-c3c(N(c4ccc(-c5ccc6oc7ccccc7c6c5)cc4)c4ccccc4-c4ccc5oc6c7ccccc7ccc6c5c4)cccc32)cc1. The van der Waals surface area contributed by atoms with Crippen molar-refractivity contribution < 1.29 is 8.83 Å². The molecule has 0 N–H and O–H groups in total. The van der Waals surface area contributed by atoms with Gasteiger partial charge in [-0.2, -0.15) is 0 Å². The van der Waals surface area contributed by atoms with E-state index in [2.05, 4.69) is 241 Å². The monoisotopic (exact) mass is 867 g/mol. The van der Waals surface area contributed by atoms with E-state index in [9.17, 15) is 0 Å². The molecule has 0 atom stereocenters. The molecule has 0 saturated heterocycles. The second-order valence-corrected chi connectivity index (χ2v) is 17.9. The molecule has 0 saturated carbocycles. The third-order valence-electron chi connectivity index (χ3n) is 14.4. The van der Waals surface area contributed by atoms with E-state index in [1.807, 2.05) is 12.1 Å². The highest BCUT2D eigenvalue weighted by molar-refractivity contribution is 6.16. The summed E-state index contributed by atoms with van der Waals surface area (Å²) in [5.74, 6) is 0. The van der Waals surface area contributed by atoms with Crippen molar-refractivity contribution in [2.24, 2.45) is 0 Å². The molecule has 0 bridgehead atoms. The standard InChI is InChI=1S/C65H41NO2/c1-3-17-46(18-4-1)65(47-19-5-2-6-20-47)56-25-12-9-24-53(56)63-57(65)26-15-28-59(63)66(48-35-30-42(31-36-48)44-33-38-61-54(40-44)51-23-11-14-29-60(51)67-61)58-27-13-10-21-49(58)45-34-39-62-55(41-45)52-37-32-43-16-7-8-22-50(43)64(52)68-62/h1-41H. The van der Waals surface area contributed by atoms with Gasteiger partial charge in [-0.3, -0.25) is 0 Å². The Morgan fingerprint density at radius 1 is 0.324 bits per heavy atom. The van der Waals surface area contributed by atoms with Crippen LogP contribution < -0.4 is 4.90 Å². The average Bonchev–Trinajstić information content (AvgIpc) is 4.08. The second kappa shape index (κ2) is 15.1. The summed E-state index contributed by atoms with van der Waals surface area (Å²) in [7, 11) is 0. The number of hydrogen-bond donors (Lipinski definition) is 0. The molecule has 0 fully saturated rings. The molecule has 0 spiro atoms. The zero-order valence-electron chi connectivity index (χ0n) is 36.9.